The number of nitrogens with zero attached hydrogens (tertiary/aromatic N) is 5. The summed E-state index contributed by atoms with van der Waals surface area (Å²) in [6.45, 7) is 1.42. The molecule has 2 aliphatic carbocycles. The summed E-state index contributed by atoms with van der Waals surface area (Å²) in [4.78, 5) is 35.8. The number of rotatable bonds is 10. The van der Waals surface area contributed by atoms with Crippen molar-refractivity contribution in [3.63, 3.8) is 0 Å². The monoisotopic (exact) mass is 554 g/mol. The SMILES string of the molecule is CN(C)CCNC(=O)NC1CCC(Nc2cc(NC3CC3)c3ncc(C(=O)Nc4ccnc(Cl)c4)n3n2)CC1. The molecule has 5 N–H and O–H groups in total. The quantitative estimate of drug-likeness (QED) is 0.241. The minimum Gasteiger partial charge on any atom is -0.379 e. The zero-order valence-corrected chi connectivity index (χ0v) is 23.0. The Morgan fingerprint density at radius 1 is 1.03 bits per heavy atom. The number of fused-ring (bicyclic) bond motifs is 1. The van der Waals surface area contributed by atoms with Crippen molar-refractivity contribution in [2.75, 3.05) is 43.1 Å². The summed E-state index contributed by atoms with van der Waals surface area (Å²) in [6.07, 6.45) is 8.82. The molecule has 3 heterocycles. The molecule has 0 bridgehead atoms. The van der Waals surface area contributed by atoms with Gasteiger partial charge < -0.3 is 31.5 Å². The van der Waals surface area contributed by atoms with E-state index < -0.39 is 0 Å². The number of hydrogen-bond acceptors (Lipinski definition) is 8. The van der Waals surface area contributed by atoms with Crippen LogP contribution in [0.3, 0.4) is 0 Å². The van der Waals surface area contributed by atoms with Crippen LogP contribution in [-0.2, 0) is 0 Å². The van der Waals surface area contributed by atoms with Crippen molar-refractivity contribution in [3.8, 4) is 0 Å². The molecule has 0 radical (unpaired) electrons. The number of hydrogen-bond donors (Lipinski definition) is 5. The summed E-state index contributed by atoms with van der Waals surface area (Å²) in [5, 5.41) is 20.9. The maximum atomic E-state index is 13.1. The van der Waals surface area contributed by atoms with E-state index in [1.165, 1.54) is 12.4 Å². The van der Waals surface area contributed by atoms with E-state index in [0.29, 0.717) is 40.6 Å². The van der Waals surface area contributed by atoms with Crippen LogP contribution in [0.25, 0.3) is 5.65 Å². The minimum atomic E-state index is -0.345. The number of aromatic nitrogens is 4. The second kappa shape index (κ2) is 12.0. The van der Waals surface area contributed by atoms with Gasteiger partial charge in [0.15, 0.2) is 11.3 Å². The van der Waals surface area contributed by atoms with Crippen molar-refractivity contribution in [3.05, 3.63) is 41.4 Å². The van der Waals surface area contributed by atoms with Crippen LogP contribution in [0.5, 0.6) is 0 Å². The van der Waals surface area contributed by atoms with Crippen LogP contribution < -0.4 is 26.6 Å². The van der Waals surface area contributed by atoms with Crippen LogP contribution in [0.2, 0.25) is 5.15 Å². The normalized spacial score (nSPS) is 19.1. The molecule has 0 saturated heterocycles. The van der Waals surface area contributed by atoms with Gasteiger partial charge in [-0.05, 0) is 64.8 Å². The van der Waals surface area contributed by atoms with Crippen LogP contribution >= 0.6 is 11.6 Å². The molecule has 0 aliphatic heterocycles. The molecule has 2 aliphatic rings. The first kappa shape index (κ1) is 26.9. The molecule has 39 heavy (non-hydrogen) atoms. The van der Waals surface area contributed by atoms with E-state index in [4.69, 9.17) is 16.7 Å². The minimum absolute atomic E-state index is 0.115. The summed E-state index contributed by atoms with van der Waals surface area (Å²) < 4.78 is 1.58. The number of carbonyl (C=O) groups excluding carboxylic acids is 2. The maximum Gasteiger partial charge on any atom is 0.315 e. The zero-order chi connectivity index (χ0) is 27.4. The number of anilines is 3. The van der Waals surface area contributed by atoms with Crippen LogP contribution in [0.4, 0.5) is 22.0 Å². The molecule has 208 valence electrons. The van der Waals surface area contributed by atoms with Gasteiger partial charge in [-0.3, -0.25) is 4.79 Å². The molecule has 0 unspecified atom stereocenters. The summed E-state index contributed by atoms with van der Waals surface area (Å²) in [5.74, 6) is 0.324. The Bertz CT molecular complexity index is 1320. The van der Waals surface area contributed by atoms with Crippen molar-refractivity contribution < 1.29 is 9.59 Å². The van der Waals surface area contributed by atoms with E-state index in [9.17, 15) is 9.59 Å². The molecule has 2 saturated carbocycles. The highest BCUT2D eigenvalue weighted by Crippen LogP contribution is 2.30. The van der Waals surface area contributed by atoms with Gasteiger partial charge in [-0.1, -0.05) is 11.6 Å². The van der Waals surface area contributed by atoms with Gasteiger partial charge >= 0.3 is 6.03 Å². The first-order valence-corrected chi connectivity index (χ1v) is 13.8. The van der Waals surface area contributed by atoms with E-state index >= 15 is 0 Å². The second-order valence-corrected chi connectivity index (χ2v) is 10.8. The lowest BCUT2D eigenvalue weighted by atomic mass is 9.91. The van der Waals surface area contributed by atoms with Gasteiger partial charge in [0.25, 0.3) is 5.91 Å². The molecule has 3 aromatic rings. The van der Waals surface area contributed by atoms with Crippen molar-refractivity contribution >= 4 is 46.4 Å². The number of pyridine rings is 1. The van der Waals surface area contributed by atoms with Gasteiger partial charge in [0.1, 0.15) is 11.0 Å². The largest absolute Gasteiger partial charge is 0.379 e. The molecule has 0 atom stereocenters. The van der Waals surface area contributed by atoms with Crippen molar-refractivity contribution in [1.29, 1.82) is 0 Å². The molecular formula is C26H35ClN10O2. The maximum absolute atomic E-state index is 13.1. The number of amides is 3. The fraction of sp³-hybridized carbons (Fsp3) is 0.500. The highest BCUT2D eigenvalue weighted by atomic mass is 35.5. The predicted molar refractivity (Wildman–Crippen MR) is 152 cm³/mol. The molecule has 3 aromatic heterocycles. The molecular weight excluding hydrogens is 520 g/mol. The van der Waals surface area contributed by atoms with Crippen LogP contribution in [-0.4, -0.2) is 81.7 Å². The van der Waals surface area contributed by atoms with Gasteiger partial charge in [0.05, 0.1) is 11.9 Å². The number of imidazole rings is 1. The third-order valence-corrected chi connectivity index (χ3v) is 7.09. The van der Waals surface area contributed by atoms with Crippen LogP contribution in [0.15, 0.2) is 30.6 Å². The molecule has 3 amide bonds. The van der Waals surface area contributed by atoms with E-state index in [1.807, 2.05) is 25.1 Å². The van der Waals surface area contributed by atoms with Gasteiger partial charge in [0, 0.05) is 49.2 Å². The van der Waals surface area contributed by atoms with E-state index in [0.717, 1.165) is 50.8 Å². The summed E-state index contributed by atoms with van der Waals surface area (Å²) in [6, 6.07) is 5.87. The smallest absolute Gasteiger partial charge is 0.315 e. The molecule has 0 aromatic carbocycles. The number of likely N-dealkylation sites (N-methyl/N-ethyl adjacent to an activating group) is 1. The van der Waals surface area contributed by atoms with Gasteiger partial charge in [-0.2, -0.15) is 0 Å². The standard InChI is InChI=1S/C26H35ClN10O2/c1-36(2)12-11-29-26(39)34-18-7-5-17(6-8-18)32-23-14-20(31-16-3-4-16)24-30-15-21(37(24)35-23)25(38)33-19-9-10-28-22(27)13-19/h9-10,13-18,31H,3-8,11-12H2,1-2H3,(H,32,35)(H,28,33,38)(H2,29,34,39). The zero-order valence-electron chi connectivity index (χ0n) is 22.2. The first-order valence-electron chi connectivity index (χ1n) is 13.4. The molecule has 5 rings (SSSR count). The molecule has 13 heteroatoms. The Kier molecular flexibility index (Phi) is 8.32. The molecule has 12 nitrogen and oxygen atoms in total. The third-order valence-electron chi connectivity index (χ3n) is 6.88. The van der Waals surface area contributed by atoms with Crippen LogP contribution in [0, 0.1) is 0 Å². The Balaban J connectivity index is 1.25. The van der Waals surface area contributed by atoms with E-state index in [1.54, 1.807) is 16.6 Å². The molecule has 0 spiro atoms. The highest BCUT2D eigenvalue weighted by Gasteiger charge is 2.26. The number of halogens is 1. The Hall–Kier alpha value is -3.64. The predicted octanol–water partition coefficient (Wildman–Crippen LogP) is 3.19. The van der Waals surface area contributed by atoms with Crippen molar-refractivity contribution in [2.24, 2.45) is 0 Å². The highest BCUT2D eigenvalue weighted by molar-refractivity contribution is 6.29. The molecule has 2 fully saturated rings. The average Bonchev–Trinajstić information content (AvgIpc) is 3.60. The lowest BCUT2D eigenvalue weighted by molar-refractivity contribution is 0.102. The van der Waals surface area contributed by atoms with Crippen molar-refractivity contribution in [1.82, 2.24) is 35.1 Å². The van der Waals surface area contributed by atoms with Crippen molar-refractivity contribution in [2.45, 2.75) is 56.7 Å². The first-order chi connectivity index (χ1) is 18.8. The van der Waals surface area contributed by atoms with Crippen LogP contribution in [0.1, 0.15) is 49.0 Å². The fourth-order valence-electron chi connectivity index (χ4n) is 4.64. The fourth-order valence-corrected chi connectivity index (χ4v) is 4.82. The summed E-state index contributed by atoms with van der Waals surface area (Å²) in [7, 11) is 3.96. The Labute approximate surface area is 232 Å². The van der Waals surface area contributed by atoms with Gasteiger partial charge in [0.2, 0.25) is 0 Å². The van der Waals surface area contributed by atoms with Gasteiger partial charge in [-0.25, -0.2) is 19.3 Å². The Morgan fingerprint density at radius 3 is 2.46 bits per heavy atom. The average molecular weight is 555 g/mol. The topological polar surface area (TPSA) is 141 Å². The van der Waals surface area contributed by atoms with Gasteiger partial charge in [-0.15, -0.1) is 5.10 Å². The lowest BCUT2D eigenvalue weighted by Gasteiger charge is -2.30. The van der Waals surface area contributed by atoms with E-state index in [-0.39, 0.29) is 24.0 Å². The van der Waals surface area contributed by atoms with E-state index in [2.05, 4.69) is 36.6 Å². The number of carbonyl (C=O) groups is 2. The summed E-state index contributed by atoms with van der Waals surface area (Å²) in [5.41, 5.74) is 2.29. The number of nitrogens with one attached hydrogen (secondary N) is 5. The number of urea groups is 1. The Morgan fingerprint density at radius 2 is 1.74 bits per heavy atom. The summed E-state index contributed by atoms with van der Waals surface area (Å²) >= 11 is 5.97. The third kappa shape index (κ3) is 7.27. The lowest BCUT2D eigenvalue weighted by Crippen LogP contribution is -2.46. The second-order valence-electron chi connectivity index (χ2n) is 10.5.